The molecule has 2 aromatic heterocycles. The van der Waals surface area contributed by atoms with E-state index >= 15 is 0 Å². The van der Waals surface area contributed by atoms with E-state index in [0.717, 1.165) is 12.1 Å². The number of pyridine rings is 1. The van der Waals surface area contributed by atoms with Gasteiger partial charge in [0.2, 0.25) is 0 Å². The third-order valence-corrected chi connectivity index (χ3v) is 6.58. The Balaban J connectivity index is 1.66. The molecule has 2 bridgehead atoms. The molecule has 24 heavy (non-hydrogen) atoms. The molecule has 0 aromatic carbocycles. The molecule has 2 aliphatic rings. The van der Waals surface area contributed by atoms with Crippen LogP contribution in [0.3, 0.4) is 0 Å². The normalized spacial score (nSPS) is 22.3. The molecule has 0 saturated carbocycles. The Morgan fingerprint density at radius 3 is 2.83 bits per heavy atom. The van der Waals surface area contributed by atoms with Crippen molar-refractivity contribution in [2.45, 2.75) is 18.9 Å². The number of anilines is 1. The number of carbonyl (C=O) groups excluding carboxylic acids is 1. The van der Waals surface area contributed by atoms with Gasteiger partial charge >= 0.3 is 0 Å². The van der Waals surface area contributed by atoms with Crippen molar-refractivity contribution >= 4 is 35.3 Å². The summed E-state index contributed by atoms with van der Waals surface area (Å²) in [5, 5.41) is 0. The molecule has 8 heteroatoms. The molecule has 1 amide bonds. The smallest absolute Gasteiger partial charge is 0.267 e. The Morgan fingerprint density at radius 1 is 1.33 bits per heavy atom. The molecule has 0 aliphatic carbocycles. The molecule has 0 unspecified atom stereocenters. The Hall–Kier alpha value is -1.93. The molecule has 1 fully saturated rings. The van der Waals surface area contributed by atoms with Crippen LogP contribution < -0.4 is 11.3 Å². The number of likely N-dealkylation sites (tertiary alicyclic amines) is 1. The van der Waals surface area contributed by atoms with Gasteiger partial charge in [-0.05, 0) is 30.6 Å². The molecule has 0 radical (unpaired) electrons. The third kappa shape index (κ3) is 2.32. The quantitative estimate of drug-likeness (QED) is 0.786. The molecule has 6 nitrogen and oxygen atoms in total. The summed E-state index contributed by atoms with van der Waals surface area (Å²) in [7, 11) is 1.78. The van der Waals surface area contributed by atoms with E-state index in [4.69, 9.17) is 18.0 Å². The molecular weight excluding hydrogens is 344 g/mol. The molecule has 126 valence electrons. The number of fused-ring (bicyclic) bond motifs is 4. The van der Waals surface area contributed by atoms with Crippen LogP contribution in [0, 0.1) is 9.87 Å². The zero-order valence-electron chi connectivity index (χ0n) is 13.3. The van der Waals surface area contributed by atoms with E-state index in [2.05, 4.69) is 0 Å². The Kier molecular flexibility index (Phi) is 3.61. The maximum atomic E-state index is 12.9. The highest BCUT2D eigenvalue weighted by Crippen LogP contribution is 2.36. The Morgan fingerprint density at radius 2 is 2.12 bits per heavy atom. The molecule has 2 aliphatic heterocycles. The number of amides is 1. The summed E-state index contributed by atoms with van der Waals surface area (Å²) >= 11 is 6.49. The summed E-state index contributed by atoms with van der Waals surface area (Å²) in [5.74, 6) is 0.888. The summed E-state index contributed by atoms with van der Waals surface area (Å²) in [6, 6.07) is 5.40. The van der Waals surface area contributed by atoms with Gasteiger partial charge in [-0.25, -0.2) is 0 Å². The fourth-order valence-corrected chi connectivity index (χ4v) is 5.03. The number of rotatable bonds is 1. The SMILES string of the molecule is Cn1c(N)c(C(=O)N2C[C@@H]3C[C@H](C2)c2cccc(=O)n2C3)sc1=S. The van der Waals surface area contributed by atoms with Crippen LogP contribution in [0.25, 0.3) is 0 Å². The molecular formula is C16H18N4O2S2. The zero-order chi connectivity index (χ0) is 17.0. The van der Waals surface area contributed by atoms with Crippen LogP contribution in [0.1, 0.15) is 27.7 Å². The summed E-state index contributed by atoms with van der Waals surface area (Å²) in [5.41, 5.74) is 7.12. The molecule has 2 N–H and O–H groups in total. The summed E-state index contributed by atoms with van der Waals surface area (Å²) < 4.78 is 4.14. The van der Waals surface area contributed by atoms with E-state index < -0.39 is 0 Å². The maximum Gasteiger partial charge on any atom is 0.267 e. The number of nitrogen functional groups attached to an aromatic ring is 1. The first kappa shape index (κ1) is 15.6. The van der Waals surface area contributed by atoms with E-state index in [9.17, 15) is 9.59 Å². The average molecular weight is 362 g/mol. The number of thiazole rings is 1. The van der Waals surface area contributed by atoms with Crippen LogP contribution in [0.4, 0.5) is 5.82 Å². The van der Waals surface area contributed by atoms with Crippen molar-refractivity contribution in [1.29, 1.82) is 0 Å². The number of aromatic nitrogens is 2. The first-order valence-electron chi connectivity index (χ1n) is 7.90. The van der Waals surface area contributed by atoms with Crippen molar-refractivity contribution in [2.24, 2.45) is 13.0 Å². The van der Waals surface area contributed by atoms with Gasteiger partial charge in [-0.3, -0.25) is 9.59 Å². The van der Waals surface area contributed by atoms with Gasteiger partial charge < -0.3 is 19.8 Å². The molecule has 2 atom stereocenters. The summed E-state index contributed by atoms with van der Waals surface area (Å²) in [6.45, 7) is 1.95. The minimum atomic E-state index is -0.0503. The van der Waals surface area contributed by atoms with Gasteiger partial charge in [-0.1, -0.05) is 17.4 Å². The number of nitrogens with zero attached hydrogens (tertiary/aromatic N) is 3. The molecule has 4 heterocycles. The minimum absolute atomic E-state index is 0.0484. The maximum absolute atomic E-state index is 12.9. The zero-order valence-corrected chi connectivity index (χ0v) is 14.9. The van der Waals surface area contributed by atoms with E-state index in [1.165, 1.54) is 11.3 Å². The van der Waals surface area contributed by atoms with Crippen molar-refractivity contribution in [2.75, 3.05) is 18.8 Å². The highest BCUT2D eigenvalue weighted by Gasteiger charge is 2.37. The number of carbonyl (C=O) groups is 1. The summed E-state index contributed by atoms with van der Waals surface area (Å²) in [4.78, 5) is 27.4. The lowest BCUT2D eigenvalue weighted by Gasteiger charge is -2.42. The first-order valence-corrected chi connectivity index (χ1v) is 9.12. The number of hydrogen-bond donors (Lipinski definition) is 1. The largest absolute Gasteiger partial charge is 0.384 e. The van der Waals surface area contributed by atoms with Crippen molar-refractivity contribution in [1.82, 2.24) is 14.0 Å². The van der Waals surface area contributed by atoms with Gasteiger partial charge in [0, 0.05) is 44.4 Å². The third-order valence-electron chi connectivity index (χ3n) is 5.02. The van der Waals surface area contributed by atoms with E-state index in [1.807, 2.05) is 15.5 Å². The molecule has 0 spiro atoms. The predicted octanol–water partition coefficient (Wildman–Crippen LogP) is 1.82. The summed E-state index contributed by atoms with van der Waals surface area (Å²) in [6.07, 6.45) is 1.02. The second-order valence-corrected chi connectivity index (χ2v) is 8.19. The first-order chi connectivity index (χ1) is 11.5. The average Bonchev–Trinajstić information content (AvgIpc) is 2.82. The molecule has 2 aromatic rings. The molecule has 1 saturated heterocycles. The topological polar surface area (TPSA) is 73.3 Å². The van der Waals surface area contributed by atoms with Crippen molar-refractivity contribution in [3.63, 3.8) is 0 Å². The van der Waals surface area contributed by atoms with Gasteiger partial charge in [-0.2, -0.15) is 0 Å². The van der Waals surface area contributed by atoms with Crippen LogP contribution in [0.5, 0.6) is 0 Å². The van der Waals surface area contributed by atoms with Crippen LogP contribution >= 0.6 is 23.6 Å². The fourth-order valence-electron chi connectivity index (χ4n) is 3.82. The van der Waals surface area contributed by atoms with Gasteiger partial charge in [0.1, 0.15) is 10.7 Å². The monoisotopic (exact) mass is 362 g/mol. The van der Waals surface area contributed by atoms with Gasteiger partial charge in [0.25, 0.3) is 11.5 Å². The van der Waals surface area contributed by atoms with Gasteiger partial charge in [0.05, 0.1) is 0 Å². The van der Waals surface area contributed by atoms with Crippen LogP contribution in [-0.2, 0) is 13.6 Å². The highest BCUT2D eigenvalue weighted by atomic mass is 32.1. The lowest BCUT2D eigenvalue weighted by Crippen LogP contribution is -2.49. The number of hydrogen-bond acceptors (Lipinski definition) is 5. The van der Waals surface area contributed by atoms with Crippen molar-refractivity contribution in [3.8, 4) is 0 Å². The van der Waals surface area contributed by atoms with Crippen LogP contribution in [0.2, 0.25) is 0 Å². The Bertz CT molecular complexity index is 942. The minimum Gasteiger partial charge on any atom is -0.384 e. The second kappa shape index (κ2) is 5.56. The van der Waals surface area contributed by atoms with Crippen LogP contribution in [0.15, 0.2) is 23.0 Å². The predicted molar refractivity (Wildman–Crippen MR) is 96.0 cm³/mol. The molecule has 4 rings (SSSR count). The number of nitrogens with two attached hydrogens (primary N) is 1. The van der Waals surface area contributed by atoms with Gasteiger partial charge in [0.15, 0.2) is 3.95 Å². The standard InChI is InChI=1S/C16H18N4O2S2/c1-18-14(17)13(24-16(18)23)15(22)19-6-9-5-10(8-19)11-3-2-4-12(21)20(11)7-9/h2-4,9-10H,5-8,17H2,1H3/t9-,10+/m0/s1. The lowest BCUT2D eigenvalue weighted by atomic mass is 9.83. The van der Waals surface area contributed by atoms with Crippen LogP contribution in [-0.4, -0.2) is 33.0 Å². The van der Waals surface area contributed by atoms with Crippen molar-refractivity contribution < 1.29 is 4.79 Å². The highest BCUT2D eigenvalue weighted by molar-refractivity contribution is 7.73. The van der Waals surface area contributed by atoms with Gasteiger partial charge in [-0.15, -0.1) is 0 Å². The number of piperidine rings is 1. The second-order valence-electron chi connectivity index (χ2n) is 6.55. The van der Waals surface area contributed by atoms with Crippen molar-refractivity contribution in [3.05, 3.63) is 43.1 Å². The lowest BCUT2D eigenvalue weighted by molar-refractivity contribution is 0.0600. The fraction of sp³-hybridized carbons (Fsp3) is 0.438. The van der Waals surface area contributed by atoms with E-state index in [0.29, 0.717) is 40.2 Å². The van der Waals surface area contributed by atoms with E-state index in [1.54, 1.807) is 23.7 Å². The van der Waals surface area contributed by atoms with E-state index in [-0.39, 0.29) is 17.4 Å². The Labute approximate surface area is 148 Å².